The van der Waals surface area contributed by atoms with Crippen LogP contribution >= 0.6 is 11.3 Å². The van der Waals surface area contributed by atoms with E-state index >= 15 is 0 Å². The molecule has 3 nitrogen and oxygen atoms in total. The van der Waals surface area contributed by atoms with Gasteiger partial charge in [-0.25, -0.2) is 9.97 Å². The third kappa shape index (κ3) is 0.954. The van der Waals surface area contributed by atoms with Crippen LogP contribution in [0.5, 0.6) is 0 Å². The molecule has 52 valence electrons. The molecule has 2 aromatic rings. The van der Waals surface area contributed by atoms with Gasteiger partial charge in [0.2, 0.25) is 5.82 Å². The summed E-state index contributed by atoms with van der Waals surface area (Å²) in [6, 6.07) is 1.89. The van der Waals surface area contributed by atoms with Crippen molar-refractivity contribution >= 4 is 22.2 Å². The smallest absolute Gasteiger partial charge is 0.227 e. The maximum Gasteiger partial charge on any atom is 0.232 e. The van der Waals surface area contributed by atoms with E-state index in [1.54, 1.807) is 17.5 Å². The maximum absolute atomic E-state index is 8.46. The number of hydrogen-bond donors (Lipinski definition) is 0. The molecule has 0 spiro atoms. The molecule has 2 rings (SSSR count). The first-order valence-corrected chi connectivity index (χ1v) is 3.93. The Kier molecular flexibility index (Phi) is 1.30. The highest BCUT2D eigenvalue weighted by Crippen LogP contribution is 2.14. The number of nitriles is 1. The van der Waals surface area contributed by atoms with Gasteiger partial charge in [-0.2, -0.15) is 5.26 Å². The third-order valence-corrected chi connectivity index (χ3v) is 2.07. The summed E-state index contributed by atoms with van der Waals surface area (Å²) in [6.45, 7) is 0. The maximum atomic E-state index is 8.46. The van der Waals surface area contributed by atoms with E-state index in [0.717, 1.165) is 10.9 Å². The van der Waals surface area contributed by atoms with E-state index in [9.17, 15) is 0 Å². The standard InChI is InChI=1S/C7H3N3S/c8-1-7-9-2-5-3-11-4-6(5)10-7/h2-4H. The van der Waals surface area contributed by atoms with E-state index in [4.69, 9.17) is 5.26 Å². The van der Waals surface area contributed by atoms with Crippen molar-refractivity contribution in [3.63, 3.8) is 0 Å². The normalized spacial score (nSPS) is 9.73. The molecule has 11 heavy (non-hydrogen) atoms. The van der Waals surface area contributed by atoms with Gasteiger partial charge in [-0.3, -0.25) is 0 Å². The zero-order chi connectivity index (χ0) is 7.68. The van der Waals surface area contributed by atoms with E-state index in [1.807, 2.05) is 16.8 Å². The van der Waals surface area contributed by atoms with Gasteiger partial charge < -0.3 is 0 Å². The molecule has 0 atom stereocenters. The molecule has 0 fully saturated rings. The summed E-state index contributed by atoms with van der Waals surface area (Å²) in [6.07, 6.45) is 1.66. The van der Waals surface area contributed by atoms with E-state index in [1.165, 1.54) is 0 Å². The first-order chi connectivity index (χ1) is 5.40. The van der Waals surface area contributed by atoms with Crippen LogP contribution in [0.25, 0.3) is 10.9 Å². The van der Waals surface area contributed by atoms with Crippen molar-refractivity contribution in [1.82, 2.24) is 9.97 Å². The molecular weight excluding hydrogens is 158 g/mol. The molecule has 0 N–H and O–H groups in total. The number of thiophene rings is 1. The summed E-state index contributed by atoms with van der Waals surface area (Å²) >= 11 is 1.56. The van der Waals surface area contributed by atoms with Gasteiger partial charge in [0.25, 0.3) is 0 Å². The van der Waals surface area contributed by atoms with Crippen LogP contribution in [0.2, 0.25) is 0 Å². The molecule has 0 aliphatic heterocycles. The van der Waals surface area contributed by atoms with E-state index in [2.05, 4.69) is 9.97 Å². The Hall–Kier alpha value is -1.47. The van der Waals surface area contributed by atoms with Crippen LogP contribution in [0.1, 0.15) is 5.82 Å². The molecule has 0 bridgehead atoms. The van der Waals surface area contributed by atoms with Crippen LogP contribution in [0.4, 0.5) is 0 Å². The summed E-state index contributed by atoms with van der Waals surface area (Å²) in [5.74, 6) is 0.232. The van der Waals surface area contributed by atoms with Crippen LogP contribution in [0.3, 0.4) is 0 Å². The van der Waals surface area contributed by atoms with Crippen molar-refractivity contribution in [2.45, 2.75) is 0 Å². The highest BCUT2D eigenvalue weighted by Gasteiger charge is 1.97. The second-order valence-corrected chi connectivity index (χ2v) is 2.76. The fraction of sp³-hybridized carbons (Fsp3) is 0. The molecule has 2 heterocycles. The van der Waals surface area contributed by atoms with Gasteiger partial charge >= 0.3 is 0 Å². The largest absolute Gasteiger partial charge is 0.232 e. The topological polar surface area (TPSA) is 49.6 Å². The van der Waals surface area contributed by atoms with Crippen LogP contribution in [0.15, 0.2) is 17.0 Å². The highest BCUT2D eigenvalue weighted by molar-refractivity contribution is 7.09. The monoisotopic (exact) mass is 161 g/mol. The fourth-order valence-corrected chi connectivity index (χ4v) is 1.53. The number of rotatable bonds is 0. The van der Waals surface area contributed by atoms with Crippen molar-refractivity contribution in [2.24, 2.45) is 0 Å². The Labute approximate surface area is 67.0 Å². The second-order valence-electron chi connectivity index (χ2n) is 2.02. The van der Waals surface area contributed by atoms with Crippen molar-refractivity contribution < 1.29 is 0 Å². The average Bonchev–Trinajstić information content (AvgIpc) is 2.50. The summed E-state index contributed by atoms with van der Waals surface area (Å²) < 4.78 is 0. The predicted molar refractivity (Wildman–Crippen MR) is 42.1 cm³/mol. The molecule has 0 aromatic carbocycles. The van der Waals surface area contributed by atoms with Gasteiger partial charge in [0, 0.05) is 22.3 Å². The van der Waals surface area contributed by atoms with Crippen LogP contribution in [0, 0.1) is 11.3 Å². The number of nitrogens with zero attached hydrogens (tertiary/aromatic N) is 3. The lowest BCUT2D eigenvalue weighted by molar-refractivity contribution is 1.16. The quantitative estimate of drug-likeness (QED) is 0.589. The molecule has 0 radical (unpaired) electrons. The number of aromatic nitrogens is 2. The van der Waals surface area contributed by atoms with Crippen molar-refractivity contribution in [3.8, 4) is 6.07 Å². The molecule has 2 aromatic heterocycles. The summed E-state index contributed by atoms with van der Waals surface area (Å²) in [4.78, 5) is 7.82. The molecule has 0 amide bonds. The molecule has 0 aliphatic rings. The first-order valence-electron chi connectivity index (χ1n) is 2.99. The van der Waals surface area contributed by atoms with E-state index in [-0.39, 0.29) is 5.82 Å². The molecule has 0 aliphatic carbocycles. The van der Waals surface area contributed by atoms with Gasteiger partial charge in [-0.05, 0) is 0 Å². The Bertz CT molecular complexity index is 426. The van der Waals surface area contributed by atoms with Crippen molar-refractivity contribution in [3.05, 3.63) is 22.8 Å². The molecule has 0 saturated heterocycles. The Morgan fingerprint density at radius 2 is 2.36 bits per heavy atom. The predicted octanol–water partition coefficient (Wildman–Crippen LogP) is 1.56. The van der Waals surface area contributed by atoms with Gasteiger partial charge in [0.15, 0.2) is 0 Å². The number of hydrogen-bond acceptors (Lipinski definition) is 4. The van der Waals surface area contributed by atoms with Gasteiger partial charge in [-0.1, -0.05) is 0 Å². The lowest BCUT2D eigenvalue weighted by Crippen LogP contribution is -1.85. The lowest BCUT2D eigenvalue weighted by atomic mass is 10.4. The molecule has 0 unspecified atom stereocenters. The van der Waals surface area contributed by atoms with Crippen LogP contribution < -0.4 is 0 Å². The summed E-state index contributed by atoms with van der Waals surface area (Å²) in [5.41, 5.74) is 0.849. The Balaban J connectivity index is 2.79. The minimum absolute atomic E-state index is 0.232. The lowest BCUT2D eigenvalue weighted by Gasteiger charge is -1.86. The van der Waals surface area contributed by atoms with E-state index in [0.29, 0.717) is 0 Å². The van der Waals surface area contributed by atoms with E-state index < -0.39 is 0 Å². The van der Waals surface area contributed by atoms with Gasteiger partial charge in [-0.15, -0.1) is 11.3 Å². The second kappa shape index (κ2) is 2.29. The Morgan fingerprint density at radius 1 is 1.45 bits per heavy atom. The zero-order valence-electron chi connectivity index (χ0n) is 5.48. The number of fused-ring (bicyclic) bond motifs is 1. The zero-order valence-corrected chi connectivity index (χ0v) is 6.30. The average molecular weight is 161 g/mol. The summed E-state index contributed by atoms with van der Waals surface area (Å²) in [5, 5.41) is 13.3. The van der Waals surface area contributed by atoms with Crippen molar-refractivity contribution in [1.29, 1.82) is 5.26 Å². The van der Waals surface area contributed by atoms with Crippen molar-refractivity contribution in [2.75, 3.05) is 0 Å². The van der Waals surface area contributed by atoms with Crippen LogP contribution in [-0.4, -0.2) is 9.97 Å². The summed E-state index contributed by atoms with van der Waals surface area (Å²) in [7, 11) is 0. The van der Waals surface area contributed by atoms with Gasteiger partial charge in [0.05, 0.1) is 5.52 Å². The first kappa shape index (κ1) is 6.25. The minimum atomic E-state index is 0.232. The molecular formula is C7H3N3S. The third-order valence-electron chi connectivity index (χ3n) is 1.32. The van der Waals surface area contributed by atoms with Crippen LogP contribution in [-0.2, 0) is 0 Å². The molecule has 4 heteroatoms. The Morgan fingerprint density at radius 3 is 3.18 bits per heavy atom. The highest BCUT2D eigenvalue weighted by atomic mass is 32.1. The van der Waals surface area contributed by atoms with Gasteiger partial charge in [0.1, 0.15) is 6.07 Å². The fourth-order valence-electron chi connectivity index (χ4n) is 0.815. The minimum Gasteiger partial charge on any atom is -0.227 e. The SMILES string of the molecule is N#Cc1ncc2cscc2n1. The molecule has 0 saturated carbocycles.